The first kappa shape index (κ1) is 34.5. The van der Waals surface area contributed by atoms with Gasteiger partial charge in [0.05, 0.1) is 48.7 Å². The van der Waals surface area contributed by atoms with Crippen LogP contribution in [-0.4, -0.2) is 50.3 Å². The molecule has 0 heterocycles. The highest BCUT2D eigenvalue weighted by molar-refractivity contribution is 5.94. The van der Waals surface area contributed by atoms with Crippen molar-refractivity contribution >= 4 is 23.9 Å². The molecule has 8 heteroatoms. The average molecular weight is 583 g/mol. The van der Waals surface area contributed by atoms with Gasteiger partial charge < -0.3 is 18.9 Å². The normalized spacial score (nSPS) is 16.2. The molecule has 0 unspecified atom stereocenters. The summed E-state index contributed by atoms with van der Waals surface area (Å²) in [5, 5.41) is 0. The summed E-state index contributed by atoms with van der Waals surface area (Å²) in [6.45, 7) is 10.9. The molecule has 3 rings (SSSR count). The lowest BCUT2D eigenvalue weighted by atomic mass is 9.81. The Labute approximate surface area is 250 Å². The number of carbonyl (C=O) groups is 4. The molecule has 1 fully saturated rings. The fourth-order valence-electron chi connectivity index (χ4n) is 4.44. The van der Waals surface area contributed by atoms with Crippen molar-refractivity contribution < 1.29 is 38.1 Å². The Balaban J connectivity index is 0.000000307. The van der Waals surface area contributed by atoms with Crippen LogP contribution in [0.5, 0.6) is 0 Å². The molecule has 0 amide bonds. The molecular weight excluding hydrogens is 536 g/mol. The fourth-order valence-corrected chi connectivity index (χ4v) is 4.44. The number of methoxy groups -OCH3 is 1. The second-order valence-corrected chi connectivity index (χ2v) is 11.3. The zero-order chi connectivity index (χ0) is 31.1. The van der Waals surface area contributed by atoms with Crippen LogP contribution in [0.3, 0.4) is 0 Å². The molecule has 230 valence electrons. The highest BCUT2D eigenvalue weighted by Crippen LogP contribution is 2.30. The maximum Gasteiger partial charge on any atom is 0.338 e. The molecule has 0 aromatic heterocycles. The maximum atomic E-state index is 12.1. The first-order valence-electron chi connectivity index (χ1n) is 14.9. The van der Waals surface area contributed by atoms with Gasteiger partial charge in [-0.25, -0.2) is 19.2 Å². The Morgan fingerprint density at radius 3 is 1.52 bits per heavy atom. The number of benzene rings is 2. The molecule has 1 aliphatic rings. The van der Waals surface area contributed by atoms with Gasteiger partial charge in [0, 0.05) is 0 Å². The molecule has 0 bridgehead atoms. The van der Waals surface area contributed by atoms with Gasteiger partial charge in [0.25, 0.3) is 0 Å². The van der Waals surface area contributed by atoms with Gasteiger partial charge in [-0.3, -0.25) is 0 Å². The van der Waals surface area contributed by atoms with Crippen LogP contribution in [0.25, 0.3) is 0 Å². The van der Waals surface area contributed by atoms with Crippen molar-refractivity contribution in [2.24, 2.45) is 17.8 Å². The van der Waals surface area contributed by atoms with Crippen molar-refractivity contribution in [3.63, 3.8) is 0 Å². The van der Waals surface area contributed by atoms with Crippen molar-refractivity contribution in [3.05, 3.63) is 70.8 Å². The topological polar surface area (TPSA) is 105 Å². The summed E-state index contributed by atoms with van der Waals surface area (Å²) in [7, 11) is 1.32. The maximum absolute atomic E-state index is 12.1. The number of hydrogen-bond donors (Lipinski definition) is 0. The monoisotopic (exact) mass is 582 g/mol. The summed E-state index contributed by atoms with van der Waals surface area (Å²) in [6, 6.07) is 12.7. The Kier molecular flexibility index (Phi) is 14.8. The number of rotatable bonds is 11. The summed E-state index contributed by atoms with van der Waals surface area (Å²) in [5.41, 5.74) is 1.76. The summed E-state index contributed by atoms with van der Waals surface area (Å²) in [4.78, 5) is 46.8. The Bertz CT molecular complexity index is 1130. The SMILES string of the molecule is CCC1CCC(COC(=O)c2ccc(C(=O)OC(C)C)cc2)CC1.COC(=O)c1ccc(C(=O)OCCC(C)C)cc1. The van der Waals surface area contributed by atoms with Gasteiger partial charge in [-0.2, -0.15) is 0 Å². The predicted octanol–water partition coefficient (Wildman–Crippen LogP) is 7.30. The van der Waals surface area contributed by atoms with Crippen LogP contribution < -0.4 is 0 Å². The van der Waals surface area contributed by atoms with Gasteiger partial charge in [0.2, 0.25) is 0 Å². The number of carbonyl (C=O) groups excluding carboxylic acids is 4. The van der Waals surface area contributed by atoms with Crippen molar-refractivity contribution in [3.8, 4) is 0 Å². The zero-order valence-corrected chi connectivity index (χ0v) is 25.9. The molecular formula is C34H46O8. The second-order valence-electron chi connectivity index (χ2n) is 11.3. The Morgan fingerprint density at radius 1 is 0.667 bits per heavy atom. The summed E-state index contributed by atoms with van der Waals surface area (Å²) >= 11 is 0. The third-order valence-electron chi connectivity index (χ3n) is 7.16. The quantitative estimate of drug-likeness (QED) is 0.201. The van der Waals surface area contributed by atoms with Gasteiger partial charge >= 0.3 is 23.9 Å². The van der Waals surface area contributed by atoms with Crippen LogP contribution in [0.15, 0.2) is 48.5 Å². The van der Waals surface area contributed by atoms with E-state index in [1.54, 1.807) is 62.4 Å². The fraction of sp³-hybridized carbons (Fsp3) is 0.529. The van der Waals surface area contributed by atoms with Crippen molar-refractivity contribution in [2.75, 3.05) is 20.3 Å². The summed E-state index contributed by atoms with van der Waals surface area (Å²) in [5.74, 6) is 0.336. The minimum atomic E-state index is -0.422. The number of ether oxygens (including phenoxy) is 4. The molecule has 0 radical (unpaired) electrons. The number of esters is 4. The van der Waals surface area contributed by atoms with E-state index in [0.717, 1.165) is 25.2 Å². The first-order valence-corrected chi connectivity index (χ1v) is 14.9. The molecule has 8 nitrogen and oxygen atoms in total. The van der Waals surface area contributed by atoms with Crippen LogP contribution in [0, 0.1) is 17.8 Å². The predicted molar refractivity (Wildman–Crippen MR) is 161 cm³/mol. The zero-order valence-electron chi connectivity index (χ0n) is 25.9. The van der Waals surface area contributed by atoms with Crippen LogP contribution >= 0.6 is 0 Å². The second kappa shape index (κ2) is 18.0. The molecule has 0 aliphatic heterocycles. The molecule has 0 spiro atoms. The van der Waals surface area contributed by atoms with Crippen LogP contribution in [-0.2, 0) is 18.9 Å². The highest BCUT2D eigenvalue weighted by atomic mass is 16.5. The lowest BCUT2D eigenvalue weighted by molar-refractivity contribution is 0.0369. The summed E-state index contributed by atoms with van der Waals surface area (Å²) < 4.78 is 20.3. The minimum Gasteiger partial charge on any atom is -0.465 e. The largest absolute Gasteiger partial charge is 0.465 e. The van der Waals surface area contributed by atoms with E-state index < -0.39 is 5.97 Å². The third kappa shape index (κ3) is 12.0. The molecule has 42 heavy (non-hydrogen) atoms. The molecule has 1 saturated carbocycles. The van der Waals surface area contributed by atoms with Crippen molar-refractivity contribution in [2.45, 2.75) is 79.2 Å². The van der Waals surface area contributed by atoms with Gasteiger partial charge in [0.1, 0.15) is 0 Å². The first-order chi connectivity index (χ1) is 20.0. The smallest absolute Gasteiger partial charge is 0.338 e. The third-order valence-corrected chi connectivity index (χ3v) is 7.16. The van der Waals surface area contributed by atoms with Crippen molar-refractivity contribution in [1.29, 1.82) is 0 Å². The van der Waals surface area contributed by atoms with Gasteiger partial charge in [0.15, 0.2) is 0 Å². The van der Waals surface area contributed by atoms with Gasteiger partial charge in [-0.05, 0) is 99.4 Å². The molecule has 0 atom stereocenters. The van der Waals surface area contributed by atoms with E-state index in [4.69, 9.17) is 14.2 Å². The van der Waals surface area contributed by atoms with E-state index >= 15 is 0 Å². The van der Waals surface area contributed by atoms with E-state index in [2.05, 4.69) is 25.5 Å². The van der Waals surface area contributed by atoms with Crippen LogP contribution in [0.2, 0.25) is 0 Å². The van der Waals surface area contributed by atoms with Crippen LogP contribution in [0.1, 0.15) is 115 Å². The van der Waals surface area contributed by atoms with Gasteiger partial charge in [-0.1, -0.05) is 40.0 Å². The number of hydrogen-bond acceptors (Lipinski definition) is 8. The molecule has 0 saturated heterocycles. The Morgan fingerprint density at radius 2 is 1.10 bits per heavy atom. The molecule has 1 aliphatic carbocycles. The van der Waals surface area contributed by atoms with E-state index in [0.29, 0.717) is 47.3 Å². The van der Waals surface area contributed by atoms with Gasteiger partial charge in [-0.15, -0.1) is 0 Å². The van der Waals surface area contributed by atoms with E-state index in [1.165, 1.54) is 26.4 Å². The average Bonchev–Trinajstić information content (AvgIpc) is 2.99. The highest BCUT2D eigenvalue weighted by Gasteiger charge is 2.21. The summed E-state index contributed by atoms with van der Waals surface area (Å²) in [6.07, 6.45) is 6.70. The molecule has 2 aromatic carbocycles. The molecule has 2 aromatic rings. The van der Waals surface area contributed by atoms with Crippen molar-refractivity contribution in [1.82, 2.24) is 0 Å². The Hall–Kier alpha value is -3.68. The van der Waals surface area contributed by atoms with E-state index in [9.17, 15) is 19.2 Å². The molecule has 0 N–H and O–H groups in total. The standard InChI is InChI=1S/C20H28O4.C14H18O4/c1-4-15-5-7-16(8-6-15)13-23-19(21)17-9-11-18(12-10-17)20(22)24-14(2)3;1-10(2)8-9-18-14(16)12-6-4-11(5-7-12)13(15)17-3/h9-12,14-16H,4-8,13H2,1-3H3;4-7,10H,8-9H2,1-3H3. The van der Waals surface area contributed by atoms with Crippen LogP contribution in [0.4, 0.5) is 0 Å². The minimum absolute atomic E-state index is 0.162. The van der Waals surface area contributed by atoms with E-state index in [1.807, 2.05) is 0 Å². The van der Waals surface area contributed by atoms with E-state index in [-0.39, 0.29) is 24.0 Å². The lowest BCUT2D eigenvalue weighted by Gasteiger charge is -2.27. The lowest BCUT2D eigenvalue weighted by Crippen LogP contribution is -2.20.